The van der Waals surface area contributed by atoms with Gasteiger partial charge in [0.15, 0.2) is 0 Å². The first-order valence-corrected chi connectivity index (χ1v) is 9.02. The van der Waals surface area contributed by atoms with E-state index >= 15 is 0 Å². The fourth-order valence-corrected chi connectivity index (χ4v) is 3.65. The van der Waals surface area contributed by atoms with Crippen molar-refractivity contribution < 1.29 is 9.53 Å². The van der Waals surface area contributed by atoms with E-state index in [-0.39, 0.29) is 5.91 Å². The van der Waals surface area contributed by atoms with Gasteiger partial charge >= 0.3 is 0 Å². The minimum atomic E-state index is -0.00665. The van der Waals surface area contributed by atoms with Gasteiger partial charge in [0.05, 0.1) is 12.1 Å². The summed E-state index contributed by atoms with van der Waals surface area (Å²) in [5.41, 5.74) is 2.53. The summed E-state index contributed by atoms with van der Waals surface area (Å²) in [5, 5.41) is 1.05. The molecular formula is C21H23N3O2. The second-order valence-corrected chi connectivity index (χ2v) is 6.87. The molecule has 0 bridgehead atoms. The molecule has 0 saturated heterocycles. The minimum Gasteiger partial charge on any atom is -0.385 e. The van der Waals surface area contributed by atoms with Crippen LogP contribution in [0.4, 0.5) is 0 Å². The van der Waals surface area contributed by atoms with Gasteiger partial charge in [-0.15, -0.1) is 0 Å². The normalized spacial score (nSPS) is 17.1. The van der Waals surface area contributed by atoms with Gasteiger partial charge in [0.25, 0.3) is 5.91 Å². The van der Waals surface area contributed by atoms with E-state index in [1.165, 1.54) is 5.69 Å². The molecule has 4 rings (SSSR count). The van der Waals surface area contributed by atoms with Crippen molar-refractivity contribution in [2.45, 2.75) is 19.5 Å². The van der Waals surface area contributed by atoms with Crippen molar-refractivity contribution in [2.24, 2.45) is 5.92 Å². The number of rotatable bonds is 4. The molecule has 1 aliphatic heterocycles. The Balaban J connectivity index is 1.62. The largest absolute Gasteiger partial charge is 0.385 e. The van der Waals surface area contributed by atoms with Gasteiger partial charge in [0.2, 0.25) is 0 Å². The molecule has 0 fully saturated rings. The highest BCUT2D eigenvalue weighted by molar-refractivity contribution is 5.94. The summed E-state index contributed by atoms with van der Waals surface area (Å²) in [5.74, 6) is 0.362. The first-order chi connectivity index (χ1) is 12.7. The van der Waals surface area contributed by atoms with Gasteiger partial charge in [0, 0.05) is 44.1 Å². The molecular weight excluding hydrogens is 326 g/mol. The molecule has 5 nitrogen and oxygen atoms in total. The van der Waals surface area contributed by atoms with Crippen molar-refractivity contribution in [3.63, 3.8) is 0 Å². The maximum atomic E-state index is 13.2. The number of amides is 1. The van der Waals surface area contributed by atoms with Crippen LogP contribution in [0, 0.1) is 5.92 Å². The van der Waals surface area contributed by atoms with E-state index in [9.17, 15) is 4.79 Å². The monoisotopic (exact) mass is 349 g/mol. The smallest absolute Gasteiger partial charge is 0.272 e. The summed E-state index contributed by atoms with van der Waals surface area (Å²) >= 11 is 0. The molecule has 3 heterocycles. The van der Waals surface area contributed by atoms with Crippen molar-refractivity contribution in [1.29, 1.82) is 0 Å². The van der Waals surface area contributed by atoms with Gasteiger partial charge in [-0.2, -0.15) is 0 Å². The highest BCUT2D eigenvalue weighted by atomic mass is 16.5. The van der Waals surface area contributed by atoms with Crippen LogP contribution in [-0.2, 0) is 17.8 Å². The molecule has 1 aliphatic rings. The van der Waals surface area contributed by atoms with Crippen LogP contribution < -0.4 is 0 Å². The van der Waals surface area contributed by atoms with Crippen molar-refractivity contribution in [3.05, 3.63) is 66.1 Å². The average molecular weight is 349 g/mol. The van der Waals surface area contributed by atoms with Crippen LogP contribution in [0.15, 0.2) is 54.7 Å². The maximum absolute atomic E-state index is 13.2. The molecule has 0 saturated carbocycles. The Hall–Kier alpha value is -2.66. The third-order valence-corrected chi connectivity index (χ3v) is 5.04. The number of methoxy groups -OCH3 is 1. The maximum Gasteiger partial charge on any atom is 0.272 e. The zero-order valence-corrected chi connectivity index (χ0v) is 15.0. The molecule has 1 amide bonds. The number of hydrogen-bond acceptors (Lipinski definition) is 3. The van der Waals surface area contributed by atoms with Gasteiger partial charge < -0.3 is 14.2 Å². The summed E-state index contributed by atoms with van der Waals surface area (Å²) in [6.45, 7) is 2.96. The molecule has 3 aromatic rings. The van der Waals surface area contributed by atoms with Gasteiger partial charge in [0.1, 0.15) is 5.69 Å². The zero-order valence-electron chi connectivity index (χ0n) is 15.0. The van der Waals surface area contributed by atoms with Crippen molar-refractivity contribution >= 4 is 16.8 Å². The zero-order chi connectivity index (χ0) is 17.9. The number of carbonyl (C=O) groups excluding carboxylic acids is 1. The summed E-state index contributed by atoms with van der Waals surface area (Å²) < 4.78 is 7.51. The van der Waals surface area contributed by atoms with Gasteiger partial charge in [-0.1, -0.05) is 24.3 Å². The summed E-state index contributed by atoms with van der Waals surface area (Å²) in [6.07, 6.45) is 3.03. The predicted octanol–water partition coefficient (Wildman–Crippen LogP) is 3.35. The number of pyridine rings is 1. The van der Waals surface area contributed by atoms with Gasteiger partial charge in [-0.05, 0) is 36.6 Å². The third kappa shape index (κ3) is 3.35. The Bertz CT molecular complexity index is 918. The first kappa shape index (κ1) is 16.8. The number of carbonyl (C=O) groups is 1. The van der Waals surface area contributed by atoms with Crippen molar-refractivity contribution in [2.75, 3.05) is 20.3 Å². The molecule has 134 valence electrons. The van der Waals surface area contributed by atoms with Gasteiger partial charge in [-0.25, -0.2) is 4.98 Å². The standard InChI is InChI=1S/C21H23N3O2/c1-26-12-10-16-13-23-11-4-6-18(23)15-24(14-16)21(25)20-9-8-17-5-2-3-7-19(17)22-20/h2-9,11,16H,10,12-15H2,1H3/t16-/m0/s1. The number of fused-ring (bicyclic) bond motifs is 2. The van der Waals surface area contributed by atoms with Crippen LogP contribution in [0.25, 0.3) is 10.9 Å². The number of nitrogens with zero attached hydrogens (tertiary/aromatic N) is 3. The molecule has 0 aliphatic carbocycles. The number of ether oxygens (including phenoxy) is 1. The highest BCUT2D eigenvalue weighted by Crippen LogP contribution is 2.22. The van der Waals surface area contributed by atoms with Crippen LogP contribution in [-0.4, -0.2) is 40.6 Å². The van der Waals surface area contributed by atoms with E-state index in [1.807, 2.05) is 47.4 Å². The van der Waals surface area contributed by atoms with Crippen molar-refractivity contribution in [3.8, 4) is 0 Å². The minimum absolute atomic E-state index is 0.00665. The molecule has 0 unspecified atom stereocenters. The first-order valence-electron chi connectivity index (χ1n) is 9.02. The summed E-state index contributed by atoms with van der Waals surface area (Å²) in [6, 6.07) is 15.8. The molecule has 0 spiro atoms. The van der Waals surface area contributed by atoms with Crippen LogP contribution in [0.1, 0.15) is 22.6 Å². The van der Waals surface area contributed by atoms with Crippen molar-refractivity contribution in [1.82, 2.24) is 14.5 Å². The average Bonchev–Trinajstić information content (AvgIpc) is 3.03. The lowest BCUT2D eigenvalue weighted by Gasteiger charge is -2.24. The molecule has 0 N–H and O–H groups in total. The number of hydrogen-bond donors (Lipinski definition) is 0. The van der Waals surface area contributed by atoms with Crippen LogP contribution >= 0.6 is 0 Å². The second kappa shape index (κ2) is 7.30. The third-order valence-electron chi connectivity index (χ3n) is 5.04. The number of aromatic nitrogens is 2. The quantitative estimate of drug-likeness (QED) is 0.726. The Kier molecular flexibility index (Phi) is 4.71. The lowest BCUT2D eigenvalue weighted by Crippen LogP contribution is -2.34. The molecule has 0 radical (unpaired) electrons. The molecule has 26 heavy (non-hydrogen) atoms. The van der Waals surface area contributed by atoms with E-state index < -0.39 is 0 Å². The molecule has 2 aromatic heterocycles. The van der Waals surface area contributed by atoms with E-state index in [0.29, 0.717) is 24.8 Å². The lowest BCUT2D eigenvalue weighted by molar-refractivity contribution is 0.0700. The number of para-hydroxylation sites is 1. The molecule has 1 atom stereocenters. The Morgan fingerprint density at radius 1 is 1.15 bits per heavy atom. The van der Waals surface area contributed by atoms with E-state index in [0.717, 1.165) is 30.4 Å². The van der Waals surface area contributed by atoms with E-state index in [4.69, 9.17) is 4.74 Å². The summed E-state index contributed by atoms with van der Waals surface area (Å²) in [7, 11) is 1.72. The van der Waals surface area contributed by atoms with Crippen LogP contribution in [0.2, 0.25) is 0 Å². The second-order valence-electron chi connectivity index (χ2n) is 6.87. The Morgan fingerprint density at radius 2 is 2.04 bits per heavy atom. The van der Waals surface area contributed by atoms with Crippen LogP contribution in [0.5, 0.6) is 0 Å². The SMILES string of the molecule is COCC[C@@H]1CN(C(=O)c2ccc3ccccc3n2)Cc2cccn2C1. The summed E-state index contributed by atoms with van der Waals surface area (Å²) in [4.78, 5) is 19.7. The molecule has 5 heteroatoms. The predicted molar refractivity (Wildman–Crippen MR) is 101 cm³/mol. The Labute approximate surface area is 153 Å². The lowest BCUT2D eigenvalue weighted by atomic mass is 10.1. The fraction of sp³-hybridized carbons (Fsp3) is 0.333. The van der Waals surface area contributed by atoms with Crippen LogP contribution in [0.3, 0.4) is 0 Å². The fourth-order valence-electron chi connectivity index (χ4n) is 3.65. The Morgan fingerprint density at radius 3 is 2.92 bits per heavy atom. The van der Waals surface area contributed by atoms with E-state index in [2.05, 4.69) is 21.8 Å². The topological polar surface area (TPSA) is 47.4 Å². The number of benzene rings is 1. The van der Waals surface area contributed by atoms with E-state index in [1.54, 1.807) is 7.11 Å². The molecule has 1 aromatic carbocycles. The highest BCUT2D eigenvalue weighted by Gasteiger charge is 2.26. The van der Waals surface area contributed by atoms with Gasteiger partial charge in [-0.3, -0.25) is 4.79 Å².